The summed E-state index contributed by atoms with van der Waals surface area (Å²) in [6.45, 7) is -0.259. The predicted octanol–water partition coefficient (Wildman–Crippen LogP) is -2.26. The highest BCUT2D eigenvalue weighted by molar-refractivity contribution is 6.01. The zero-order valence-electron chi connectivity index (χ0n) is 9.47. The number of hydrogen-bond acceptors (Lipinski definition) is 4. The molecule has 0 fully saturated rings. The van der Waals surface area contributed by atoms with Crippen molar-refractivity contribution in [3.63, 3.8) is 0 Å². The number of nitrogens with two attached hydrogens (primary N) is 1. The Kier molecular flexibility index (Phi) is 4.22. The average Bonchev–Trinajstić information content (AvgIpc) is 2.28. The number of aliphatic hydroxyl groups excluding tert-OH is 1. The first-order valence-electron chi connectivity index (χ1n) is 5.10. The van der Waals surface area contributed by atoms with E-state index in [4.69, 9.17) is 10.8 Å². The fourth-order valence-electron chi connectivity index (χ4n) is 1.53. The van der Waals surface area contributed by atoms with Gasteiger partial charge in [0.1, 0.15) is 6.04 Å². The van der Waals surface area contributed by atoms with Gasteiger partial charge in [-0.05, 0) is 0 Å². The number of nitrogens with zero attached hydrogens (tertiary/aromatic N) is 1. The minimum absolute atomic E-state index is 0.0277. The van der Waals surface area contributed by atoms with Crippen molar-refractivity contribution >= 4 is 17.7 Å². The molecule has 7 nitrogen and oxygen atoms in total. The van der Waals surface area contributed by atoms with Gasteiger partial charge in [0.15, 0.2) is 0 Å². The Balaban J connectivity index is 2.78. The summed E-state index contributed by atoms with van der Waals surface area (Å²) in [7, 11) is 1.36. The number of likely N-dealkylation sites (N-methyl/N-ethyl adjacent to an activating group) is 1. The van der Waals surface area contributed by atoms with Crippen molar-refractivity contribution in [3.05, 3.63) is 11.6 Å². The van der Waals surface area contributed by atoms with E-state index in [0.717, 1.165) is 4.90 Å². The highest BCUT2D eigenvalue weighted by Crippen LogP contribution is 2.11. The van der Waals surface area contributed by atoms with Crippen molar-refractivity contribution in [1.82, 2.24) is 10.2 Å². The van der Waals surface area contributed by atoms with E-state index in [0.29, 0.717) is 5.57 Å². The number of hydrogen-bond donors (Lipinski definition) is 3. The Morgan fingerprint density at radius 2 is 2.29 bits per heavy atom. The van der Waals surface area contributed by atoms with Gasteiger partial charge in [0.05, 0.1) is 13.0 Å². The molecule has 3 amide bonds. The van der Waals surface area contributed by atoms with Gasteiger partial charge in [0.25, 0.3) is 5.91 Å². The number of aliphatic hydroxyl groups is 1. The summed E-state index contributed by atoms with van der Waals surface area (Å²) in [5.41, 5.74) is 5.35. The van der Waals surface area contributed by atoms with Crippen LogP contribution in [0.15, 0.2) is 11.6 Å². The number of amides is 3. The van der Waals surface area contributed by atoms with Crippen LogP contribution in [-0.4, -0.2) is 54.0 Å². The number of primary amides is 1. The molecule has 0 aromatic rings. The van der Waals surface area contributed by atoms with Crippen LogP contribution in [0, 0.1) is 0 Å². The van der Waals surface area contributed by atoms with Crippen LogP contribution in [-0.2, 0) is 14.4 Å². The van der Waals surface area contributed by atoms with Crippen LogP contribution in [0.1, 0.15) is 6.42 Å². The van der Waals surface area contributed by atoms with E-state index in [1.165, 1.54) is 7.05 Å². The lowest BCUT2D eigenvalue weighted by Gasteiger charge is -2.26. The Morgan fingerprint density at radius 3 is 2.76 bits per heavy atom. The van der Waals surface area contributed by atoms with Crippen molar-refractivity contribution in [1.29, 1.82) is 0 Å². The molecule has 1 rings (SSSR count). The smallest absolute Gasteiger partial charge is 0.250 e. The molecule has 0 aliphatic carbocycles. The summed E-state index contributed by atoms with van der Waals surface area (Å²) in [4.78, 5) is 35.1. The van der Waals surface area contributed by atoms with E-state index in [-0.39, 0.29) is 18.9 Å². The van der Waals surface area contributed by atoms with E-state index in [2.05, 4.69) is 5.32 Å². The van der Waals surface area contributed by atoms with Crippen molar-refractivity contribution < 1.29 is 19.5 Å². The molecule has 0 unspecified atom stereocenters. The van der Waals surface area contributed by atoms with Gasteiger partial charge in [0.2, 0.25) is 11.8 Å². The zero-order chi connectivity index (χ0) is 13.0. The van der Waals surface area contributed by atoms with Crippen LogP contribution >= 0.6 is 0 Å². The summed E-state index contributed by atoms with van der Waals surface area (Å²) >= 11 is 0. The lowest BCUT2D eigenvalue weighted by Crippen LogP contribution is -2.49. The van der Waals surface area contributed by atoms with Crippen molar-refractivity contribution in [2.24, 2.45) is 5.73 Å². The van der Waals surface area contributed by atoms with Gasteiger partial charge in [-0.2, -0.15) is 0 Å². The molecular weight excluding hydrogens is 226 g/mol. The Bertz CT molecular complexity index is 378. The monoisotopic (exact) mass is 241 g/mol. The molecule has 17 heavy (non-hydrogen) atoms. The SMILES string of the molecule is CN(C(=O)C1=CCNC(=O)C1)[C@@H](CO)C(N)=O. The Labute approximate surface area is 98.3 Å². The van der Waals surface area contributed by atoms with Gasteiger partial charge < -0.3 is 21.1 Å². The van der Waals surface area contributed by atoms with E-state index >= 15 is 0 Å². The van der Waals surface area contributed by atoms with E-state index in [9.17, 15) is 14.4 Å². The first kappa shape index (κ1) is 13.2. The molecule has 1 atom stereocenters. The molecule has 1 aliphatic rings. The van der Waals surface area contributed by atoms with Gasteiger partial charge in [-0.15, -0.1) is 0 Å². The second-order valence-electron chi connectivity index (χ2n) is 3.73. The molecule has 0 saturated heterocycles. The maximum atomic E-state index is 11.9. The van der Waals surface area contributed by atoms with E-state index in [1.807, 2.05) is 0 Å². The van der Waals surface area contributed by atoms with Gasteiger partial charge in [0, 0.05) is 19.2 Å². The number of carbonyl (C=O) groups excluding carboxylic acids is 3. The molecule has 94 valence electrons. The minimum Gasteiger partial charge on any atom is -0.394 e. The Hall–Kier alpha value is -1.89. The molecule has 1 heterocycles. The van der Waals surface area contributed by atoms with E-state index < -0.39 is 24.5 Å². The van der Waals surface area contributed by atoms with Gasteiger partial charge in [-0.1, -0.05) is 6.08 Å². The topological polar surface area (TPSA) is 113 Å². The van der Waals surface area contributed by atoms with Gasteiger partial charge in [-0.3, -0.25) is 14.4 Å². The highest BCUT2D eigenvalue weighted by Gasteiger charge is 2.27. The lowest BCUT2D eigenvalue weighted by atomic mass is 10.1. The molecule has 7 heteroatoms. The summed E-state index contributed by atoms with van der Waals surface area (Å²) in [5, 5.41) is 11.5. The molecular formula is C10H15N3O4. The van der Waals surface area contributed by atoms with E-state index in [1.54, 1.807) is 6.08 Å². The van der Waals surface area contributed by atoms with Crippen molar-refractivity contribution in [3.8, 4) is 0 Å². The van der Waals surface area contributed by atoms with Crippen molar-refractivity contribution in [2.45, 2.75) is 12.5 Å². The van der Waals surface area contributed by atoms with Gasteiger partial charge in [-0.25, -0.2) is 0 Å². The molecule has 0 saturated carbocycles. The van der Waals surface area contributed by atoms with Crippen molar-refractivity contribution in [2.75, 3.05) is 20.2 Å². The summed E-state index contributed by atoms with van der Waals surface area (Å²) in [6, 6.07) is -1.08. The number of nitrogens with one attached hydrogen (secondary N) is 1. The second-order valence-corrected chi connectivity index (χ2v) is 3.73. The zero-order valence-corrected chi connectivity index (χ0v) is 9.47. The fraction of sp³-hybridized carbons (Fsp3) is 0.500. The van der Waals surface area contributed by atoms with Gasteiger partial charge >= 0.3 is 0 Å². The average molecular weight is 241 g/mol. The van der Waals surface area contributed by atoms with Crippen LogP contribution in [0.5, 0.6) is 0 Å². The normalized spacial score (nSPS) is 16.8. The van der Waals surface area contributed by atoms with Crippen LogP contribution in [0.2, 0.25) is 0 Å². The maximum Gasteiger partial charge on any atom is 0.250 e. The number of rotatable bonds is 4. The summed E-state index contributed by atoms with van der Waals surface area (Å²) in [5.74, 6) is -1.51. The molecule has 4 N–H and O–H groups in total. The third-order valence-corrected chi connectivity index (χ3v) is 2.56. The quantitative estimate of drug-likeness (QED) is 0.515. The van der Waals surface area contributed by atoms with Crippen LogP contribution in [0.3, 0.4) is 0 Å². The fourth-order valence-corrected chi connectivity index (χ4v) is 1.53. The molecule has 0 aromatic heterocycles. The molecule has 0 bridgehead atoms. The largest absolute Gasteiger partial charge is 0.394 e. The maximum absolute atomic E-state index is 11.9. The highest BCUT2D eigenvalue weighted by atomic mass is 16.3. The van der Waals surface area contributed by atoms with Crippen LogP contribution < -0.4 is 11.1 Å². The summed E-state index contributed by atoms with van der Waals surface area (Å²) in [6.07, 6.45) is 1.55. The van der Waals surface area contributed by atoms with Crippen LogP contribution in [0.4, 0.5) is 0 Å². The summed E-state index contributed by atoms with van der Waals surface area (Å²) < 4.78 is 0. The number of carbonyl (C=O) groups is 3. The standard InChI is InChI=1S/C10H15N3O4/c1-13(7(5-14)9(11)16)10(17)6-2-3-12-8(15)4-6/h2,7,14H,3-5H2,1H3,(H2,11,16)(H,12,15)/t7-/m0/s1. The first-order valence-corrected chi connectivity index (χ1v) is 5.10. The molecule has 1 aliphatic heterocycles. The predicted molar refractivity (Wildman–Crippen MR) is 58.5 cm³/mol. The Morgan fingerprint density at radius 1 is 1.65 bits per heavy atom. The molecule has 0 radical (unpaired) electrons. The first-order chi connectivity index (χ1) is 7.97. The second kappa shape index (κ2) is 5.44. The molecule has 0 spiro atoms. The third kappa shape index (κ3) is 3.04. The van der Waals surface area contributed by atoms with Crippen LogP contribution in [0.25, 0.3) is 0 Å². The minimum atomic E-state index is -1.08. The lowest BCUT2D eigenvalue weighted by molar-refractivity contribution is -0.136. The third-order valence-electron chi connectivity index (χ3n) is 2.56. The molecule has 0 aromatic carbocycles.